The van der Waals surface area contributed by atoms with E-state index in [0.717, 1.165) is 30.3 Å². The Hall–Kier alpha value is -2.41. The molecule has 0 heterocycles. The second-order valence-electron chi connectivity index (χ2n) is 9.70. The van der Waals surface area contributed by atoms with Crippen LogP contribution in [0.4, 0.5) is 0 Å². The van der Waals surface area contributed by atoms with Gasteiger partial charge in [0.25, 0.3) is 0 Å². The van der Waals surface area contributed by atoms with Gasteiger partial charge in [-0.1, -0.05) is 87.5 Å². The van der Waals surface area contributed by atoms with Crippen LogP contribution in [0, 0.1) is 0 Å². The van der Waals surface area contributed by atoms with E-state index < -0.39 is 0 Å². The van der Waals surface area contributed by atoms with Gasteiger partial charge in [0.15, 0.2) is 0 Å². The van der Waals surface area contributed by atoms with Crippen molar-refractivity contribution >= 4 is 19.2 Å². The largest absolute Gasteiger partial charge is 0.507 e. The van der Waals surface area contributed by atoms with Crippen molar-refractivity contribution in [2.24, 2.45) is 0 Å². The molecule has 2 aliphatic carbocycles. The van der Waals surface area contributed by atoms with E-state index in [0.29, 0.717) is 20.2 Å². The third-order valence-electron chi connectivity index (χ3n) is 6.05. The smallest absolute Gasteiger partial charge is 0.127 e. The predicted molar refractivity (Wildman–Crippen MR) is 140 cm³/mol. The molecular weight excluding hydrogens is 409 g/mol. The van der Waals surface area contributed by atoms with Crippen LogP contribution in [0.5, 0.6) is 5.75 Å². The predicted octanol–water partition coefficient (Wildman–Crippen LogP) is 6.11. The van der Waals surface area contributed by atoms with Crippen molar-refractivity contribution in [2.45, 2.75) is 57.5 Å². The summed E-state index contributed by atoms with van der Waals surface area (Å²) in [6.07, 6.45) is 19.3. The first-order chi connectivity index (χ1) is 15.4. The summed E-state index contributed by atoms with van der Waals surface area (Å²) in [6.45, 7) is 7.40. The lowest BCUT2D eigenvalue weighted by atomic mass is 9.86. The standard InChI is InChI=1S/C29H34NOP/c1-29(2,3)30-20-23-16-10-11-17-26(23)32-27-19-24(21-12-6-4-7-13-21)18-25(28(27)31)22-14-8-5-9-15-22/h4-12,14,16-19,21-22,30-32H,13,15,20H2,1-3H3. The monoisotopic (exact) mass is 443 g/mol. The number of phenols is 1. The van der Waals surface area contributed by atoms with E-state index in [1.165, 1.54) is 16.4 Å². The zero-order valence-corrected chi connectivity index (χ0v) is 20.3. The molecule has 32 heavy (non-hydrogen) atoms. The molecular formula is C29H34NOP. The fraction of sp³-hybridized carbons (Fsp3) is 0.310. The lowest BCUT2D eigenvalue weighted by molar-refractivity contribution is 0.425. The van der Waals surface area contributed by atoms with E-state index in [9.17, 15) is 5.11 Å². The summed E-state index contributed by atoms with van der Waals surface area (Å²) < 4.78 is 0. The van der Waals surface area contributed by atoms with Crippen molar-refractivity contribution in [2.75, 3.05) is 0 Å². The molecule has 3 unspecified atom stereocenters. The van der Waals surface area contributed by atoms with E-state index in [-0.39, 0.29) is 11.5 Å². The van der Waals surface area contributed by atoms with Crippen LogP contribution in [0.3, 0.4) is 0 Å². The number of hydrogen-bond donors (Lipinski definition) is 2. The highest BCUT2D eigenvalue weighted by atomic mass is 31.1. The van der Waals surface area contributed by atoms with Crippen molar-refractivity contribution in [1.29, 1.82) is 0 Å². The second kappa shape index (κ2) is 10.0. The van der Waals surface area contributed by atoms with Crippen molar-refractivity contribution in [1.82, 2.24) is 5.32 Å². The lowest BCUT2D eigenvalue weighted by Crippen LogP contribution is -2.36. The number of rotatable bonds is 6. The number of aromatic hydroxyl groups is 1. The Morgan fingerprint density at radius 3 is 2.25 bits per heavy atom. The molecule has 2 aromatic carbocycles. The van der Waals surface area contributed by atoms with Crippen LogP contribution in [-0.2, 0) is 6.54 Å². The van der Waals surface area contributed by atoms with Crippen LogP contribution in [0.2, 0.25) is 0 Å². The zero-order valence-electron chi connectivity index (χ0n) is 19.3. The molecule has 2 nitrogen and oxygen atoms in total. The summed E-state index contributed by atoms with van der Waals surface area (Å²) in [4.78, 5) is 0. The van der Waals surface area contributed by atoms with Gasteiger partial charge in [-0.15, -0.1) is 0 Å². The van der Waals surface area contributed by atoms with E-state index in [2.05, 4.69) is 111 Å². The second-order valence-corrected chi connectivity index (χ2v) is 11.0. The Morgan fingerprint density at radius 1 is 0.906 bits per heavy atom. The van der Waals surface area contributed by atoms with Gasteiger partial charge in [0.1, 0.15) is 5.75 Å². The molecule has 0 aliphatic heterocycles. The van der Waals surface area contributed by atoms with Gasteiger partial charge in [-0.2, -0.15) is 0 Å². The zero-order chi connectivity index (χ0) is 22.6. The number of allylic oxidation sites excluding steroid dienone is 8. The van der Waals surface area contributed by atoms with E-state index >= 15 is 0 Å². The SMILES string of the molecule is CC(C)(C)NCc1ccccc1Pc1cc(C2C=CC=CC2)cc(C2C=CC=CC2)c1O. The van der Waals surface area contributed by atoms with Crippen LogP contribution in [0.25, 0.3) is 0 Å². The van der Waals surface area contributed by atoms with Gasteiger partial charge in [-0.3, -0.25) is 0 Å². The van der Waals surface area contributed by atoms with Crippen molar-refractivity contribution in [3.05, 3.63) is 102 Å². The van der Waals surface area contributed by atoms with Gasteiger partial charge >= 0.3 is 0 Å². The van der Waals surface area contributed by atoms with Crippen molar-refractivity contribution < 1.29 is 5.11 Å². The highest BCUT2D eigenvalue weighted by Gasteiger charge is 2.21. The van der Waals surface area contributed by atoms with Crippen molar-refractivity contribution in [3.8, 4) is 5.75 Å². The first-order valence-corrected chi connectivity index (χ1v) is 12.5. The Kier molecular flexibility index (Phi) is 7.13. The molecule has 2 aliphatic rings. The van der Waals surface area contributed by atoms with Crippen molar-refractivity contribution in [3.63, 3.8) is 0 Å². The Bertz CT molecular complexity index is 1070. The fourth-order valence-electron chi connectivity index (χ4n) is 4.21. The number of hydrogen-bond acceptors (Lipinski definition) is 2. The molecule has 0 fully saturated rings. The first kappa shape index (κ1) is 22.8. The number of nitrogens with one attached hydrogen (secondary N) is 1. The highest BCUT2D eigenvalue weighted by Crippen LogP contribution is 2.37. The van der Waals surface area contributed by atoms with E-state index in [1.807, 2.05) is 0 Å². The maximum atomic E-state index is 11.4. The van der Waals surface area contributed by atoms with Gasteiger partial charge < -0.3 is 10.4 Å². The van der Waals surface area contributed by atoms with E-state index in [4.69, 9.17) is 0 Å². The summed E-state index contributed by atoms with van der Waals surface area (Å²) in [5, 5.41) is 17.3. The minimum atomic E-state index is 0.0626. The van der Waals surface area contributed by atoms with Crippen LogP contribution in [0.15, 0.2) is 85.0 Å². The molecule has 0 saturated carbocycles. The molecule has 0 spiro atoms. The van der Waals surface area contributed by atoms with Gasteiger partial charge in [-0.05, 0) is 56.1 Å². The van der Waals surface area contributed by atoms with E-state index in [1.54, 1.807) is 0 Å². The maximum Gasteiger partial charge on any atom is 0.127 e. The molecule has 4 rings (SSSR count). The van der Waals surface area contributed by atoms with Crippen LogP contribution < -0.4 is 15.9 Å². The Morgan fingerprint density at radius 2 is 1.59 bits per heavy atom. The summed E-state index contributed by atoms with van der Waals surface area (Å²) in [5.41, 5.74) is 3.72. The molecule has 0 aromatic heterocycles. The lowest BCUT2D eigenvalue weighted by Gasteiger charge is -2.23. The average molecular weight is 444 g/mol. The summed E-state index contributed by atoms with van der Waals surface area (Å²) in [6, 6.07) is 13.1. The van der Waals surface area contributed by atoms with Crippen LogP contribution >= 0.6 is 8.58 Å². The normalized spacial score (nSPS) is 20.5. The third-order valence-corrected chi connectivity index (χ3v) is 7.45. The molecule has 3 atom stereocenters. The molecule has 166 valence electrons. The van der Waals surface area contributed by atoms with Crippen LogP contribution in [0.1, 0.15) is 62.1 Å². The fourth-order valence-corrected chi connectivity index (χ4v) is 5.52. The summed E-state index contributed by atoms with van der Waals surface area (Å²) in [7, 11) is 0.415. The highest BCUT2D eigenvalue weighted by molar-refractivity contribution is 7.55. The average Bonchev–Trinajstić information content (AvgIpc) is 2.80. The minimum absolute atomic E-state index is 0.0626. The molecule has 0 radical (unpaired) electrons. The Balaban J connectivity index is 1.70. The molecule has 3 heteroatoms. The molecule has 0 saturated heterocycles. The molecule has 0 amide bonds. The van der Waals surface area contributed by atoms with Crippen LogP contribution in [-0.4, -0.2) is 10.6 Å². The number of benzene rings is 2. The van der Waals surface area contributed by atoms with Gasteiger partial charge in [0.05, 0.1) is 0 Å². The minimum Gasteiger partial charge on any atom is -0.507 e. The summed E-state index contributed by atoms with van der Waals surface area (Å²) in [5.74, 6) is 1.05. The molecule has 2 aromatic rings. The quantitative estimate of drug-likeness (QED) is 0.528. The Labute approximate surface area is 194 Å². The van der Waals surface area contributed by atoms with Gasteiger partial charge in [-0.25, -0.2) is 0 Å². The maximum absolute atomic E-state index is 11.4. The summed E-state index contributed by atoms with van der Waals surface area (Å²) >= 11 is 0. The topological polar surface area (TPSA) is 32.3 Å². The van der Waals surface area contributed by atoms with Gasteiger partial charge in [0.2, 0.25) is 0 Å². The third kappa shape index (κ3) is 5.68. The number of phenolic OH excluding ortho intramolecular Hbond substituents is 1. The molecule has 0 bridgehead atoms. The van der Waals surface area contributed by atoms with Gasteiger partial charge in [0, 0.05) is 34.8 Å². The molecule has 2 N–H and O–H groups in total. The first-order valence-electron chi connectivity index (χ1n) is 11.5.